The summed E-state index contributed by atoms with van der Waals surface area (Å²) in [6.07, 6.45) is 4.21. The van der Waals surface area contributed by atoms with Crippen molar-refractivity contribution in [1.29, 1.82) is 0 Å². The topological polar surface area (TPSA) is 3.24 Å². The maximum Gasteiger partial charge on any atom is 0.0604 e. The van der Waals surface area contributed by atoms with E-state index >= 15 is 0 Å². The van der Waals surface area contributed by atoms with Gasteiger partial charge in [-0.2, -0.15) is 0 Å². The van der Waals surface area contributed by atoms with E-state index in [1.807, 2.05) is 0 Å². The first kappa shape index (κ1) is 7.03. The summed E-state index contributed by atoms with van der Waals surface area (Å²) in [4.78, 5) is 2.56. The van der Waals surface area contributed by atoms with E-state index in [1.165, 1.54) is 32.1 Å². The molecule has 52 valence electrons. The van der Waals surface area contributed by atoms with Crippen LogP contribution in [0.1, 0.15) is 12.8 Å². The van der Waals surface area contributed by atoms with Crippen molar-refractivity contribution in [3.05, 3.63) is 12.3 Å². The van der Waals surface area contributed by atoms with Crippen LogP contribution in [0.2, 0.25) is 0 Å². The molecule has 1 fully saturated rings. The Balaban J connectivity index is 2.04. The largest absolute Gasteiger partial charge is 0.306 e. The Morgan fingerprint density at radius 3 is 2.67 bits per heavy atom. The predicted molar refractivity (Wildman–Crippen MR) is 44.4 cm³/mol. The zero-order valence-corrected chi connectivity index (χ0v) is 7.39. The Bertz CT molecular complexity index is 86.9. The molecule has 0 aliphatic carbocycles. The molecule has 1 aliphatic heterocycles. The van der Waals surface area contributed by atoms with E-state index in [0.717, 1.165) is 0 Å². The van der Waals surface area contributed by atoms with Crippen LogP contribution in [0, 0.1) is 0 Å². The van der Waals surface area contributed by atoms with Crippen LogP contribution in [-0.4, -0.2) is 33.7 Å². The summed E-state index contributed by atoms with van der Waals surface area (Å²) in [6.45, 7) is 6.45. The fourth-order valence-corrected chi connectivity index (χ4v) is 2.28. The van der Waals surface area contributed by atoms with Gasteiger partial charge in [-0.25, -0.2) is 0 Å². The van der Waals surface area contributed by atoms with Crippen molar-refractivity contribution in [2.75, 3.05) is 19.3 Å². The second kappa shape index (κ2) is 3.85. The lowest BCUT2D eigenvalue weighted by molar-refractivity contribution is 0.395. The average molecular weight is 141 g/mol. The van der Waals surface area contributed by atoms with E-state index in [4.69, 9.17) is 0 Å². The van der Waals surface area contributed by atoms with Gasteiger partial charge in [0.15, 0.2) is 0 Å². The highest BCUT2D eigenvalue weighted by atomic mass is 28.2. The summed E-state index contributed by atoms with van der Waals surface area (Å²) in [5.74, 6) is 0. The van der Waals surface area contributed by atoms with Crippen molar-refractivity contribution in [2.24, 2.45) is 0 Å². The molecule has 0 radical (unpaired) electrons. The van der Waals surface area contributed by atoms with Crippen LogP contribution in [0.5, 0.6) is 0 Å². The number of hydrogen-bond acceptors (Lipinski definition) is 1. The Kier molecular flexibility index (Phi) is 3.01. The Morgan fingerprint density at radius 1 is 1.44 bits per heavy atom. The minimum atomic E-state index is 0.0821. The molecule has 0 aromatic carbocycles. The third-order valence-corrected chi connectivity index (χ3v) is 3.15. The summed E-state index contributed by atoms with van der Waals surface area (Å²) < 4.78 is 0. The summed E-state index contributed by atoms with van der Waals surface area (Å²) >= 11 is 0. The van der Waals surface area contributed by atoms with Crippen molar-refractivity contribution in [2.45, 2.75) is 12.8 Å². The molecule has 0 amide bonds. The lowest BCUT2D eigenvalue weighted by Gasteiger charge is -2.11. The average Bonchev–Trinajstić information content (AvgIpc) is 2.34. The monoisotopic (exact) mass is 141 g/mol. The van der Waals surface area contributed by atoms with Crippen LogP contribution in [0.25, 0.3) is 0 Å². The highest BCUT2D eigenvalue weighted by Crippen LogP contribution is 2.05. The Labute approximate surface area is 59.6 Å². The van der Waals surface area contributed by atoms with Crippen molar-refractivity contribution >= 4 is 9.52 Å². The first-order chi connectivity index (χ1) is 4.43. The van der Waals surface area contributed by atoms with Crippen LogP contribution in [-0.2, 0) is 0 Å². The predicted octanol–water partition coefficient (Wildman–Crippen LogP) is 0.352. The van der Waals surface area contributed by atoms with Gasteiger partial charge in [-0.15, -0.1) is 12.3 Å². The van der Waals surface area contributed by atoms with E-state index in [0.29, 0.717) is 0 Å². The number of nitrogens with zero attached hydrogens (tertiary/aromatic N) is 1. The zero-order chi connectivity index (χ0) is 6.53. The van der Waals surface area contributed by atoms with Gasteiger partial charge in [0.2, 0.25) is 0 Å². The summed E-state index contributed by atoms with van der Waals surface area (Å²) in [5, 5.41) is 0. The van der Waals surface area contributed by atoms with Crippen LogP contribution in [0.15, 0.2) is 12.3 Å². The lowest BCUT2D eigenvalue weighted by atomic mass is 10.4. The molecule has 0 saturated carbocycles. The highest BCUT2D eigenvalue weighted by molar-refractivity contribution is 6.41. The molecule has 0 aromatic rings. The van der Waals surface area contributed by atoms with Gasteiger partial charge in [-0.05, 0) is 32.1 Å². The van der Waals surface area contributed by atoms with Crippen LogP contribution in [0.4, 0.5) is 0 Å². The molecule has 1 rings (SSSR count). The highest BCUT2D eigenvalue weighted by Gasteiger charge is 2.08. The summed E-state index contributed by atoms with van der Waals surface area (Å²) in [7, 11) is 0.0821. The number of hydrogen-bond donors (Lipinski definition) is 0. The van der Waals surface area contributed by atoms with E-state index in [-0.39, 0.29) is 9.52 Å². The molecule has 0 atom stereocenters. The third-order valence-electron chi connectivity index (χ3n) is 1.85. The van der Waals surface area contributed by atoms with Gasteiger partial charge in [-0.3, -0.25) is 0 Å². The third kappa shape index (κ3) is 2.33. The van der Waals surface area contributed by atoms with Gasteiger partial charge in [-0.1, -0.05) is 0 Å². The van der Waals surface area contributed by atoms with Crippen LogP contribution in [0.3, 0.4) is 0 Å². The smallest absolute Gasteiger partial charge is 0.0604 e. The molecule has 0 unspecified atom stereocenters. The Hall–Kier alpha value is -0.0831. The molecule has 0 N–H and O–H groups in total. The molecule has 1 heterocycles. The first-order valence-electron chi connectivity index (χ1n) is 3.77. The molecule has 0 aromatic heterocycles. The molecular weight excluding hydrogens is 126 g/mol. The van der Waals surface area contributed by atoms with E-state index in [2.05, 4.69) is 17.2 Å². The molecule has 1 nitrogen and oxygen atoms in total. The van der Waals surface area contributed by atoms with E-state index in [1.54, 1.807) is 0 Å². The van der Waals surface area contributed by atoms with Crippen molar-refractivity contribution in [3.8, 4) is 0 Å². The first-order valence-corrected chi connectivity index (χ1v) is 5.58. The van der Waals surface area contributed by atoms with E-state index in [9.17, 15) is 0 Å². The quantitative estimate of drug-likeness (QED) is 0.513. The van der Waals surface area contributed by atoms with Crippen molar-refractivity contribution < 1.29 is 0 Å². The summed E-state index contributed by atoms with van der Waals surface area (Å²) in [5.41, 5.74) is 2.14. The lowest BCUT2D eigenvalue weighted by Crippen LogP contribution is -2.23. The van der Waals surface area contributed by atoms with E-state index < -0.39 is 0 Å². The van der Waals surface area contributed by atoms with Gasteiger partial charge in [0.05, 0.1) is 9.52 Å². The molecule has 1 saturated heterocycles. The van der Waals surface area contributed by atoms with Crippen molar-refractivity contribution in [3.63, 3.8) is 0 Å². The zero-order valence-electron chi connectivity index (χ0n) is 5.97. The number of likely N-dealkylation sites (tertiary alicyclic amines) is 1. The number of rotatable bonds is 3. The molecule has 0 spiro atoms. The molecule has 2 heteroatoms. The van der Waals surface area contributed by atoms with Gasteiger partial charge >= 0.3 is 0 Å². The van der Waals surface area contributed by atoms with Gasteiger partial charge in [0.1, 0.15) is 0 Å². The fourth-order valence-electron chi connectivity index (χ4n) is 1.28. The second-order valence-electron chi connectivity index (χ2n) is 2.63. The van der Waals surface area contributed by atoms with Gasteiger partial charge < -0.3 is 4.90 Å². The molecular formula is C7H15NSi. The minimum absolute atomic E-state index is 0.0821. The normalized spacial score (nSPS) is 21.8. The van der Waals surface area contributed by atoms with Crippen LogP contribution < -0.4 is 0 Å². The minimum Gasteiger partial charge on any atom is -0.306 e. The molecule has 0 bridgehead atoms. The maximum atomic E-state index is 3.76. The maximum absolute atomic E-state index is 3.76. The fraction of sp³-hybridized carbons (Fsp3) is 0.714. The summed E-state index contributed by atoms with van der Waals surface area (Å²) in [6, 6.07) is 0. The standard InChI is InChI=1S/C7H15NSi/c1-2-9-7-8-5-3-4-6-8/h2H,1,3-7,9H2. The van der Waals surface area contributed by atoms with Crippen LogP contribution >= 0.6 is 0 Å². The molecule has 9 heavy (non-hydrogen) atoms. The SMILES string of the molecule is C=C[SiH2]CN1CCCC1. The molecule has 1 aliphatic rings. The second-order valence-corrected chi connectivity index (χ2v) is 4.23. The van der Waals surface area contributed by atoms with Gasteiger partial charge in [0, 0.05) is 0 Å². The van der Waals surface area contributed by atoms with Gasteiger partial charge in [0.25, 0.3) is 0 Å². The van der Waals surface area contributed by atoms with Crippen molar-refractivity contribution in [1.82, 2.24) is 4.90 Å². The Morgan fingerprint density at radius 2 is 2.11 bits per heavy atom.